The summed E-state index contributed by atoms with van der Waals surface area (Å²) in [6, 6.07) is 19.0. The summed E-state index contributed by atoms with van der Waals surface area (Å²) in [5.74, 6) is -5.35. The summed E-state index contributed by atoms with van der Waals surface area (Å²) in [6.07, 6.45) is 0. The van der Waals surface area contributed by atoms with Crippen molar-refractivity contribution in [3.63, 3.8) is 0 Å². The minimum absolute atomic E-state index is 0.0574. The first kappa shape index (κ1) is 47.0. The lowest BCUT2D eigenvalue weighted by Gasteiger charge is -2.20. The van der Waals surface area contributed by atoms with E-state index in [-0.39, 0.29) is 76.2 Å². The van der Waals surface area contributed by atoms with Crippen LogP contribution in [-0.4, -0.2) is 47.0 Å². The Morgan fingerprint density at radius 3 is 1.18 bits per heavy atom. The summed E-state index contributed by atoms with van der Waals surface area (Å²) in [5, 5.41) is 25.6. The molecule has 0 heterocycles. The van der Waals surface area contributed by atoms with Gasteiger partial charge < -0.3 is 21.5 Å². The molecule has 0 radical (unpaired) electrons. The van der Waals surface area contributed by atoms with E-state index in [9.17, 15) is 39.3 Å². The van der Waals surface area contributed by atoms with Gasteiger partial charge in [-0.3, -0.25) is 28.8 Å². The molecule has 5 aromatic rings. The van der Waals surface area contributed by atoms with E-state index in [1.54, 1.807) is 12.1 Å². The van der Waals surface area contributed by atoms with Gasteiger partial charge in [-0.25, -0.2) is 10.9 Å². The predicted molar refractivity (Wildman–Crippen MR) is 239 cm³/mol. The molecule has 5 rings (SSSR count). The maximum Gasteiger partial charge on any atom is 0.258 e. The number of carbonyl (C=O) groups excluding carboxylic acids is 6. The zero-order valence-electron chi connectivity index (χ0n) is 31.8. The molecule has 0 saturated carbocycles. The van der Waals surface area contributed by atoms with Crippen LogP contribution in [0.2, 0.25) is 30.1 Å². The number of carbonyl (C=O) groups is 6. The summed E-state index contributed by atoms with van der Waals surface area (Å²) in [4.78, 5) is 79.5. The second-order valence-electron chi connectivity index (χ2n) is 13.1. The molecule has 0 saturated heterocycles. The van der Waals surface area contributed by atoms with Crippen LogP contribution < -0.4 is 32.3 Å². The van der Waals surface area contributed by atoms with Crippen LogP contribution >= 0.6 is 69.6 Å². The van der Waals surface area contributed by atoms with Crippen LogP contribution in [0.1, 0.15) is 52.6 Å². The molecule has 0 spiro atoms. The normalized spacial score (nSPS) is 11.6. The van der Waals surface area contributed by atoms with Crippen molar-refractivity contribution in [1.29, 1.82) is 10.5 Å². The van der Waals surface area contributed by atoms with Crippen LogP contribution in [0.3, 0.4) is 0 Å². The molecule has 0 aliphatic carbocycles. The Balaban J connectivity index is 1.33. The van der Waals surface area contributed by atoms with E-state index in [1.165, 1.54) is 98.8 Å². The number of hydrogen-bond acceptors (Lipinski definition) is 12. The van der Waals surface area contributed by atoms with Crippen molar-refractivity contribution in [3.05, 3.63) is 148 Å². The minimum Gasteiger partial charge on any atom is -0.321 e. The van der Waals surface area contributed by atoms with Gasteiger partial charge in [0.25, 0.3) is 23.4 Å². The fourth-order valence-electron chi connectivity index (χ4n) is 5.69. The molecule has 2 unspecified atom stereocenters. The largest absolute Gasteiger partial charge is 0.321 e. The van der Waals surface area contributed by atoms with E-state index in [1.807, 2.05) is 0 Å². The summed E-state index contributed by atoms with van der Waals surface area (Å²) in [6.45, 7) is 2.91. The number of halogens is 6. The van der Waals surface area contributed by atoms with E-state index in [2.05, 4.69) is 32.3 Å². The molecular formula is C42H28Cl6N8O6. The average Bonchev–Trinajstić information content (AvgIpc) is 3.24. The van der Waals surface area contributed by atoms with Gasteiger partial charge in [0, 0.05) is 32.3 Å². The number of benzene rings is 5. The van der Waals surface area contributed by atoms with Gasteiger partial charge in [-0.2, -0.15) is 10.5 Å². The van der Waals surface area contributed by atoms with Crippen LogP contribution in [0.4, 0.5) is 22.7 Å². The Morgan fingerprint density at radius 2 is 0.823 bits per heavy atom. The number of anilines is 4. The molecular weight excluding hydrogens is 925 g/mol. The highest BCUT2D eigenvalue weighted by Gasteiger charge is 2.32. The van der Waals surface area contributed by atoms with Gasteiger partial charge in [0.2, 0.25) is 0 Å². The summed E-state index contributed by atoms with van der Waals surface area (Å²) in [5.41, 5.74) is 11.2. The van der Waals surface area contributed by atoms with Crippen LogP contribution in [0, 0.1) is 36.5 Å². The number of amides is 2. The summed E-state index contributed by atoms with van der Waals surface area (Å²) < 4.78 is 0. The second kappa shape index (κ2) is 20.7. The quantitative estimate of drug-likeness (QED) is 0.0236. The SMILES string of the molecule is Cc1cc(C(=O)C(NNc2cc(C(=O)Nc3cc(Cl)ccc3Cl)ccc2Cl)C(=O)C#N)c(C)cc1C(=O)C(NNc1cc(C(=O)Nc2cc(Cl)ccc2Cl)ccc1Cl)C(=O)C#N. The van der Waals surface area contributed by atoms with Gasteiger partial charge in [0.05, 0.1) is 42.8 Å². The van der Waals surface area contributed by atoms with Gasteiger partial charge >= 0.3 is 0 Å². The predicted octanol–water partition coefficient (Wildman–Crippen LogP) is 9.25. The van der Waals surface area contributed by atoms with Gasteiger partial charge in [0.1, 0.15) is 12.1 Å². The number of rotatable bonds is 16. The molecule has 314 valence electrons. The van der Waals surface area contributed by atoms with E-state index in [0.29, 0.717) is 10.0 Å². The molecule has 14 nitrogen and oxygen atoms in total. The van der Waals surface area contributed by atoms with Crippen molar-refractivity contribution < 1.29 is 28.8 Å². The standard InChI is InChI=1S/C42H28Cl6N8O6/c1-19-11-26(40(60)38(36(58)18-50)56-54-34-14-22(4-8-30(34)48)42(62)52-32-16-24(44)6-10-28(32)46)20(2)12-25(19)39(59)37(35(57)17-49)55-53-33-13-21(3-7-29(33)47)41(61)51-31-15-23(43)5-9-27(31)45/h3-16,37-38,53-56H,1-2H3,(H,51,61)(H,52,62). The first-order chi connectivity index (χ1) is 29.4. The summed E-state index contributed by atoms with van der Waals surface area (Å²) in [7, 11) is 0. The molecule has 62 heavy (non-hydrogen) atoms. The number of hydrogen-bond donors (Lipinski definition) is 6. The number of nitriles is 2. The monoisotopic (exact) mass is 950 g/mol. The highest BCUT2D eigenvalue weighted by atomic mass is 35.5. The van der Waals surface area contributed by atoms with Crippen LogP contribution in [0.5, 0.6) is 0 Å². The maximum atomic E-state index is 13.9. The number of ketones is 4. The van der Waals surface area contributed by atoms with Crippen molar-refractivity contribution in [2.45, 2.75) is 25.9 Å². The Labute approximate surface area is 383 Å². The van der Waals surface area contributed by atoms with E-state index in [0.717, 1.165) is 0 Å². The number of hydrazine groups is 2. The first-order valence-corrected chi connectivity index (χ1v) is 19.9. The molecule has 0 fully saturated rings. The Morgan fingerprint density at radius 1 is 0.484 bits per heavy atom. The van der Waals surface area contributed by atoms with Crippen LogP contribution in [-0.2, 0) is 9.59 Å². The first-order valence-electron chi connectivity index (χ1n) is 17.6. The van der Waals surface area contributed by atoms with Crippen molar-refractivity contribution in [1.82, 2.24) is 10.9 Å². The maximum absolute atomic E-state index is 13.9. The lowest BCUT2D eigenvalue weighted by Crippen LogP contribution is -2.47. The molecule has 0 aliphatic rings. The van der Waals surface area contributed by atoms with Gasteiger partial charge in [-0.05, 0) is 110 Å². The van der Waals surface area contributed by atoms with Crippen molar-refractivity contribution in [2.75, 3.05) is 21.5 Å². The highest BCUT2D eigenvalue weighted by molar-refractivity contribution is 6.37. The van der Waals surface area contributed by atoms with E-state index in [4.69, 9.17) is 69.6 Å². The third kappa shape index (κ3) is 11.3. The molecule has 0 aliphatic heterocycles. The highest BCUT2D eigenvalue weighted by Crippen LogP contribution is 2.30. The number of aryl methyl sites for hydroxylation is 2. The molecule has 5 aromatic carbocycles. The molecule has 0 bridgehead atoms. The Kier molecular flexibility index (Phi) is 15.7. The molecule has 6 N–H and O–H groups in total. The summed E-state index contributed by atoms with van der Waals surface area (Å²) >= 11 is 37.1. The van der Waals surface area contributed by atoms with Crippen molar-refractivity contribution in [3.8, 4) is 12.1 Å². The lowest BCUT2D eigenvalue weighted by atomic mass is 9.90. The minimum atomic E-state index is -1.82. The van der Waals surface area contributed by atoms with E-state index < -0.39 is 47.0 Å². The van der Waals surface area contributed by atoms with Crippen LogP contribution in [0.25, 0.3) is 0 Å². The average molecular weight is 953 g/mol. The topological polar surface area (TPSA) is 222 Å². The smallest absolute Gasteiger partial charge is 0.258 e. The van der Waals surface area contributed by atoms with Gasteiger partial charge in [0.15, 0.2) is 23.7 Å². The molecule has 2 amide bonds. The van der Waals surface area contributed by atoms with E-state index >= 15 is 0 Å². The van der Waals surface area contributed by atoms with Gasteiger partial charge in [-0.15, -0.1) is 0 Å². The Bertz CT molecular complexity index is 2580. The third-order valence-corrected chi connectivity index (χ3v) is 10.7. The van der Waals surface area contributed by atoms with Crippen LogP contribution in [0.15, 0.2) is 84.9 Å². The zero-order chi connectivity index (χ0) is 45.4. The number of nitrogens with zero attached hydrogens (tertiary/aromatic N) is 2. The Hall–Kier alpha value is -6.04. The fraction of sp³-hybridized carbons (Fsp3) is 0.0952. The molecule has 0 aromatic heterocycles. The lowest BCUT2D eigenvalue weighted by molar-refractivity contribution is -0.115. The molecule has 20 heteroatoms. The second-order valence-corrected chi connectivity index (χ2v) is 15.6. The zero-order valence-corrected chi connectivity index (χ0v) is 36.4. The molecule has 2 atom stereocenters. The third-order valence-electron chi connectivity index (χ3n) is 8.88. The van der Waals surface area contributed by atoms with Crippen molar-refractivity contribution in [2.24, 2.45) is 0 Å². The van der Waals surface area contributed by atoms with Crippen molar-refractivity contribution >= 4 is 127 Å². The van der Waals surface area contributed by atoms with Gasteiger partial charge in [-0.1, -0.05) is 69.6 Å². The fourth-order valence-corrected chi connectivity index (χ4v) is 6.69. The number of Topliss-reactive ketones (excluding diaryl/α,β-unsaturated/α-hetero) is 4. The number of nitrogens with one attached hydrogen (secondary N) is 6.